The maximum absolute atomic E-state index is 10.9. The summed E-state index contributed by atoms with van der Waals surface area (Å²) in [7, 11) is 0. The van der Waals surface area contributed by atoms with Crippen molar-refractivity contribution in [3.8, 4) is 6.07 Å². The monoisotopic (exact) mass is 195 g/mol. The van der Waals surface area contributed by atoms with Gasteiger partial charge in [0, 0.05) is 5.41 Å². The molecule has 14 heavy (non-hydrogen) atoms. The fourth-order valence-electron chi connectivity index (χ4n) is 1.07. The van der Waals surface area contributed by atoms with Crippen LogP contribution in [0.5, 0.6) is 0 Å². The normalized spacial score (nSPS) is 18.4. The molecule has 0 N–H and O–H groups in total. The Kier molecular flexibility index (Phi) is 5.11. The molecule has 1 aliphatic rings. The number of allylic oxidation sites excluding steroid dienone is 1. The Labute approximate surface area is 85.4 Å². The number of Topliss-reactive ketones (excluding diaryl/α,β-unsaturated/α-hetero) is 1. The quantitative estimate of drug-likeness (QED) is 0.500. The van der Waals surface area contributed by atoms with Crippen LogP contribution < -0.4 is 0 Å². The number of hydrogen-bond acceptors (Lipinski definition) is 3. The van der Waals surface area contributed by atoms with Gasteiger partial charge in [-0.15, -0.1) is 0 Å². The Morgan fingerprint density at radius 2 is 2.00 bits per heavy atom. The Hall–Kier alpha value is -1.14. The highest BCUT2D eigenvalue weighted by atomic mass is 16.5. The van der Waals surface area contributed by atoms with E-state index in [1.54, 1.807) is 6.08 Å². The van der Waals surface area contributed by atoms with E-state index in [4.69, 9.17) is 10.00 Å². The van der Waals surface area contributed by atoms with Gasteiger partial charge in [-0.05, 0) is 6.92 Å². The molecule has 78 valence electrons. The van der Waals surface area contributed by atoms with Crippen molar-refractivity contribution in [2.24, 2.45) is 5.41 Å². The fourth-order valence-corrected chi connectivity index (χ4v) is 1.07. The maximum Gasteiger partial charge on any atom is 0.169 e. The van der Waals surface area contributed by atoms with Crippen molar-refractivity contribution in [2.45, 2.75) is 27.7 Å². The summed E-state index contributed by atoms with van der Waals surface area (Å²) in [5, 5.41) is 8.60. The molecule has 0 atom stereocenters. The third-order valence-corrected chi connectivity index (χ3v) is 1.86. The molecule has 1 rings (SSSR count). The van der Waals surface area contributed by atoms with Crippen molar-refractivity contribution >= 4 is 5.78 Å². The third-order valence-electron chi connectivity index (χ3n) is 1.86. The summed E-state index contributed by atoms with van der Waals surface area (Å²) in [5.74, 6) is -0.175. The van der Waals surface area contributed by atoms with E-state index in [9.17, 15) is 4.79 Å². The number of nitriles is 1. The predicted molar refractivity (Wildman–Crippen MR) is 54.7 cm³/mol. The van der Waals surface area contributed by atoms with Gasteiger partial charge in [0.2, 0.25) is 0 Å². The lowest BCUT2D eigenvalue weighted by Crippen LogP contribution is -2.38. The second-order valence-corrected chi connectivity index (χ2v) is 3.37. The van der Waals surface area contributed by atoms with Crippen LogP contribution in [0.15, 0.2) is 11.6 Å². The van der Waals surface area contributed by atoms with Gasteiger partial charge in [0.05, 0.1) is 18.8 Å². The number of nitrogens with zero attached hydrogens (tertiary/aromatic N) is 1. The van der Waals surface area contributed by atoms with E-state index in [1.165, 1.54) is 6.92 Å². The molecule has 0 radical (unpaired) electrons. The van der Waals surface area contributed by atoms with Gasteiger partial charge in [-0.2, -0.15) is 5.26 Å². The number of rotatable bonds is 2. The van der Waals surface area contributed by atoms with Crippen LogP contribution >= 0.6 is 0 Å². The summed E-state index contributed by atoms with van der Waals surface area (Å²) in [6.07, 6.45) is 1.71. The van der Waals surface area contributed by atoms with Gasteiger partial charge < -0.3 is 4.74 Å². The zero-order valence-corrected chi connectivity index (χ0v) is 9.26. The molecular weight excluding hydrogens is 178 g/mol. The van der Waals surface area contributed by atoms with Crippen LogP contribution in [0.2, 0.25) is 0 Å². The number of hydrogen-bond donors (Lipinski definition) is 0. The summed E-state index contributed by atoms with van der Waals surface area (Å²) < 4.78 is 5.00. The molecule has 1 fully saturated rings. The van der Waals surface area contributed by atoms with Gasteiger partial charge in [0.1, 0.15) is 6.07 Å². The van der Waals surface area contributed by atoms with E-state index in [0.717, 1.165) is 0 Å². The Bertz CT molecular complexity index is 270. The highest BCUT2D eigenvalue weighted by molar-refractivity contribution is 5.97. The first kappa shape index (κ1) is 12.9. The maximum atomic E-state index is 10.9. The zero-order chi connectivity index (χ0) is 11.2. The third kappa shape index (κ3) is 3.31. The molecule has 0 saturated carbocycles. The van der Waals surface area contributed by atoms with Gasteiger partial charge >= 0.3 is 0 Å². The predicted octanol–water partition coefficient (Wildman–Crippen LogP) is 2.09. The Morgan fingerprint density at radius 1 is 1.50 bits per heavy atom. The van der Waals surface area contributed by atoms with Crippen LogP contribution in [-0.2, 0) is 9.53 Å². The molecule has 0 aromatic carbocycles. The van der Waals surface area contributed by atoms with Gasteiger partial charge in [-0.3, -0.25) is 4.79 Å². The van der Waals surface area contributed by atoms with E-state index in [0.29, 0.717) is 13.2 Å². The summed E-state index contributed by atoms with van der Waals surface area (Å²) >= 11 is 0. The Balaban J connectivity index is 0.000000791. The van der Waals surface area contributed by atoms with Crippen LogP contribution in [0.3, 0.4) is 0 Å². The average molecular weight is 195 g/mol. The molecule has 1 heterocycles. The molecule has 3 heteroatoms. The van der Waals surface area contributed by atoms with Gasteiger partial charge in [-0.25, -0.2) is 0 Å². The summed E-state index contributed by atoms with van der Waals surface area (Å²) in [6.45, 7) is 8.58. The van der Waals surface area contributed by atoms with Crippen molar-refractivity contribution in [3.05, 3.63) is 11.6 Å². The highest BCUT2D eigenvalue weighted by Crippen LogP contribution is 2.29. The van der Waals surface area contributed by atoms with Crippen LogP contribution in [0.1, 0.15) is 27.7 Å². The molecule has 0 amide bonds. The van der Waals surface area contributed by atoms with Crippen molar-refractivity contribution in [3.63, 3.8) is 0 Å². The molecule has 0 aliphatic carbocycles. The molecule has 1 aliphatic heterocycles. The van der Waals surface area contributed by atoms with Crippen molar-refractivity contribution in [1.82, 2.24) is 0 Å². The second kappa shape index (κ2) is 5.56. The minimum atomic E-state index is -0.175. The number of carbonyl (C=O) groups excluding carboxylic acids is 1. The molecule has 0 spiro atoms. The van der Waals surface area contributed by atoms with Crippen LogP contribution in [-0.4, -0.2) is 19.0 Å². The number of ketones is 1. The first-order chi connectivity index (χ1) is 6.57. The summed E-state index contributed by atoms with van der Waals surface area (Å²) in [4.78, 5) is 10.9. The smallest absolute Gasteiger partial charge is 0.169 e. The second-order valence-electron chi connectivity index (χ2n) is 3.37. The largest absolute Gasteiger partial charge is 0.379 e. The van der Waals surface area contributed by atoms with Crippen LogP contribution in [0.25, 0.3) is 0 Å². The molecular formula is C11H17NO2. The molecule has 0 aromatic rings. The Morgan fingerprint density at radius 3 is 2.21 bits per heavy atom. The van der Waals surface area contributed by atoms with E-state index in [1.807, 2.05) is 26.8 Å². The topological polar surface area (TPSA) is 50.1 Å². The van der Waals surface area contributed by atoms with E-state index in [-0.39, 0.29) is 16.8 Å². The van der Waals surface area contributed by atoms with E-state index < -0.39 is 0 Å². The van der Waals surface area contributed by atoms with Crippen molar-refractivity contribution in [1.29, 1.82) is 5.26 Å². The SMILES string of the molecule is CC.CC(=O)/C(C#N)=C/C1(C)COC1. The highest BCUT2D eigenvalue weighted by Gasteiger charge is 2.31. The average Bonchev–Trinajstić information content (AvgIpc) is 2.14. The van der Waals surface area contributed by atoms with Gasteiger partial charge in [-0.1, -0.05) is 26.8 Å². The lowest BCUT2D eigenvalue weighted by molar-refractivity contribution is -0.113. The lowest BCUT2D eigenvalue weighted by atomic mass is 9.86. The van der Waals surface area contributed by atoms with E-state index in [2.05, 4.69) is 0 Å². The summed E-state index contributed by atoms with van der Waals surface area (Å²) in [5.41, 5.74) is 0.136. The fraction of sp³-hybridized carbons (Fsp3) is 0.636. The van der Waals surface area contributed by atoms with Gasteiger partial charge in [0.25, 0.3) is 0 Å². The molecule has 1 saturated heterocycles. The van der Waals surface area contributed by atoms with E-state index >= 15 is 0 Å². The minimum absolute atomic E-state index is 0.100. The van der Waals surface area contributed by atoms with Crippen LogP contribution in [0, 0.1) is 16.7 Å². The van der Waals surface area contributed by atoms with Crippen molar-refractivity contribution in [2.75, 3.05) is 13.2 Å². The van der Waals surface area contributed by atoms with Crippen LogP contribution in [0.4, 0.5) is 0 Å². The minimum Gasteiger partial charge on any atom is -0.379 e. The molecule has 0 bridgehead atoms. The van der Waals surface area contributed by atoms with Gasteiger partial charge in [0.15, 0.2) is 5.78 Å². The van der Waals surface area contributed by atoms with Crippen molar-refractivity contribution < 1.29 is 9.53 Å². The number of carbonyl (C=O) groups is 1. The first-order valence-corrected chi connectivity index (χ1v) is 4.79. The standard InChI is InChI=1S/C9H11NO2.C2H6/c1-7(11)8(4-10)3-9(2)5-12-6-9;1-2/h3H,5-6H2,1-2H3;1-2H3/b8-3+;. The summed E-state index contributed by atoms with van der Waals surface area (Å²) in [6, 6.07) is 1.88. The molecule has 0 unspecified atom stereocenters. The molecule has 3 nitrogen and oxygen atoms in total. The lowest BCUT2D eigenvalue weighted by Gasteiger charge is -2.35. The molecule has 0 aromatic heterocycles. The number of ether oxygens (including phenoxy) is 1. The zero-order valence-electron chi connectivity index (χ0n) is 9.26. The first-order valence-electron chi connectivity index (χ1n) is 4.79.